The smallest absolute Gasteiger partial charge is 0.310 e. The average Bonchev–Trinajstić information content (AvgIpc) is 2.36. The number of hydrogen-bond donors (Lipinski definition) is 1. The number of nitrogens with zero attached hydrogens (tertiary/aromatic N) is 2. The fraction of sp³-hybridized carbons (Fsp3) is 0.364. The highest BCUT2D eigenvalue weighted by Gasteiger charge is 2.27. The van der Waals surface area contributed by atoms with E-state index in [0.717, 1.165) is 22.5 Å². The summed E-state index contributed by atoms with van der Waals surface area (Å²) in [6.45, 7) is 1.30. The molecule has 20 heavy (non-hydrogen) atoms. The van der Waals surface area contributed by atoms with Crippen molar-refractivity contribution in [3.63, 3.8) is 0 Å². The largest absolute Gasteiger partial charge is 0.481 e. The molecule has 9 heteroatoms. The van der Waals surface area contributed by atoms with Gasteiger partial charge in [-0.3, -0.25) is 14.9 Å². The molecule has 1 aromatic carbocycles. The standard InChI is InChI=1S/C11H14N2O6S/c1-7(11(14)15)9-5-4-8(6-10(9)13(16)17)20(18,19)12(2)3/h4-7H,1-3H3,(H,14,15). The van der Waals surface area contributed by atoms with E-state index in [1.165, 1.54) is 21.0 Å². The summed E-state index contributed by atoms with van der Waals surface area (Å²) in [5.41, 5.74) is -0.567. The molecule has 8 nitrogen and oxygen atoms in total. The Morgan fingerprint density at radius 1 is 1.40 bits per heavy atom. The fourth-order valence-electron chi connectivity index (χ4n) is 1.55. The number of sulfonamides is 1. The second kappa shape index (κ2) is 5.55. The number of carbonyl (C=O) groups is 1. The summed E-state index contributed by atoms with van der Waals surface area (Å²) in [6.07, 6.45) is 0. The molecule has 0 amide bonds. The van der Waals surface area contributed by atoms with Crippen molar-refractivity contribution in [1.29, 1.82) is 0 Å². The first-order valence-corrected chi connectivity index (χ1v) is 6.96. The molecule has 0 fully saturated rings. The topological polar surface area (TPSA) is 118 Å². The van der Waals surface area contributed by atoms with Crippen LogP contribution in [0.4, 0.5) is 5.69 Å². The molecule has 0 bridgehead atoms. The summed E-state index contributed by atoms with van der Waals surface area (Å²) in [5, 5.41) is 19.9. The zero-order chi connectivity index (χ0) is 15.7. The minimum absolute atomic E-state index is 0.0415. The quantitative estimate of drug-likeness (QED) is 0.641. The van der Waals surface area contributed by atoms with Crippen LogP contribution in [-0.2, 0) is 14.8 Å². The lowest BCUT2D eigenvalue weighted by molar-refractivity contribution is -0.385. The molecule has 0 aliphatic heterocycles. The van der Waals surface area contributed by atoms with E-state index in [1.807, 2.05) is 0 Å². The molecule has 1 N–H and O–H groups in total. The van der Waals surface area contributed by atoms with Gasteiger partial charge in [0.15, 0.2) is 0 Å². The summed E-state index contributed by atoms with van der Waals surface area (Å²) >= 11 is 0. The first-order valence-electron chi connectivity index (χ1n) is 5.52. The van der Waals surface area contributed by atoms with Crippen LogP contribution in [0.2, 0.25) is 0 Å². The summed E-state index contributed by atoms with van der Waals surface area (Å²) in [5.74, 6) is -2.33. The van der Waals surface area contributed by atoms with Crippen LogP contribution in [0.25, 0.3) is 0 Å². The molecular weight excluding hydrogens is 288 g/mol. The molecule has 0 aliphatic rings. The van der Waals surface area contributed by atoms with E-state index in [1.54, 1.807) is 0 Å². The van der Waals surface area contributed by atoms with E-state index in [0.29, 0.717) is 0 Å². The first-order chi connectivity index (χ1) is 9.09. The summed E-state index contributed by atoms with van der Waals surface area (Å²) in [7, 11) is -1.21. The zero-order valence-electron chi connectivity index (χ0n) is 11.1. The van der Waals surface area contributed by atoms with Crippen LogP contribution in [0.1, 0.15) is 18.4 Å². The predicted octanol–water partition coefficient (Wildman–Crippen LogP) is 1.03. The molecule has 1 rings (SSSR count). The maximum absolute atomic E-state index is 11.9. The lowest BCUT2D eigenvalue weighted by Gasteiger charge is -2.13. The molecule has 0 aliphatic carbocycles. The van der Waals surface area contributed by atoms with E-state index in [-0.39, 0.29) is 10.5 Å². The van der Waals surface area contributed by atoms with E-state index in [2.05, 4.69) is 0 Å². The van der Waals surface area contributed by atoms with E-state index < -0.39 is 32.5 Å². The van der Waals surface area contributed by atoms with Crippen LogP contribution in [-0.4, -0.2) is 42.8 Å². The summed E-state index contributed by atoms with van der Waals surface area (Å²) < 4.78 is 24.7. The van der Waals surface area contributed by atoms with Gasteiger partial charge in [-0.2, -0.15) is 0 Å². The van der Waals surface area contributed by atoms with Crippen molar-refractivity contribution in [3.8, 4) is 0 Å². The van der Waals surface area contributed by atoms with Crippen molar-refractivity contribution < 1.29 is 23.2 Å². The number of benzene rings is 1. The van der Waals surface area contributed by atoms with E-state index >= 15 is 0 Å². The summed E-state index contributed by atoms with van der Waals surface area (Å²) in [4.78, 5) is 20.9. The van der Waals surface area contributed by atoms with Crippen LogP contribution >= 0.6 is 0 Å². The van der Waals surface area contributed by atoms with Crippen molar-refractivity contribution in [1.82, 2.24) is 4.31 Å². The molecule has 0 aromatic heterocycles. The molecule has 1 unspecified atom stereocenters. The van der Waals surface area contributed by atoms with Gasteiger partial charge in [-0.25, -0.2) is 12.7 Å². The Morgan fingerprint density at radius 2 is 1.95 bits per heavy atom. The Bertz CT molecular complexity index is 653. The Balaban J connectivity index is 3.50. The summed E-state index contributed by atoms with van der Waals surface area (Å²) in [6, 6.07) is 3.20. The first kappa shape index (κ1) is 16.1. The third kappa shape index (κ3) is 2.94. The molecule has 0 spiro atoms. The molecule has 0 saturated carbocycles. The second-order valence-corrected chi connectivity index (χ2v) is 6.48. The molecular formula is C11H14N2O6S. The van der Waals surface area contributed by atoms with Gasteiger partial charge in [-0.1, -0.05) is 0 Å². The minimum atomic E-state index is -3.81. The highest BCUT2D eigenvalue weighted by atomic mass is 32.2. The van der Waals surface area contributed by atoms with Crippen LogP contribution < -0.4 is 0 Å². The Hall–Kier alpha value is -2.00. The third-order valence-corrected chi connectivity index (χ3v) is 4.63. The van der Waals surface area contributed by atoms with Crippen LogP contribution in [0.15, 0.2) is 23.1 Å². The van der Waals surface area contributed by atoms with Gasteiger partial charge in [0, 0.05) is 25.7 Å². The molecule has 0 saturated heterocycles. The number of rotatable bonds is 5. The fourth-order valence-corrected chi connectivity index (χ4v) is 2.47. The van der Waals surface area contributed by atoms with Gasteiger partial charge in [0.1, 0.15) is 0 Å². The monoisotopic (exact) mass is 302 g/mol. The number of hydrogen-bond acceptors (Lipinski definition) is 5. The van der Waals surface area contributed by atoms with Crippen molar-refractivity contribution in [2.24, 2.45) is 0 Å². The highest BCUT2D eigenvalue weighted by Crippen LogP contribution is 2.30. The Labute approximate surface area is 115 Å². The normalized spacial score (nSPS) is 13.2. The molecule has 1 aromatic rings. The maximum Gasteiger partial charge on any atom is 0.310 e. The van der Waals surface area contributed by atoms with Crippen molar-refractivity contribution >= 4 is 21.7 Å². The number of nitro benzene ring substituents is 1. The molecule has 0 heterocycles. The van der Waals surface area contributed by atoms with Gasteiger partial charge >= 0.3 is 5.97 Å². The Morgan fingerprint density at radius 3 is 2.35 bits per heavy atom. The minimum Gasteiger partial charge on any atom is -0.481 e. The number of carboxylic acid groups (broad SMARTS) is 1. The zero-order valence-corrected chi connectivity index (χ0v) is 11.9. The van der Waals surface area contributed by atoms with Crippen LogP contribution in [0, 0.1) is 10.1 Å². The Kier molecular flexibility index (Phi) is 4.46. The van der Waals surface area contributed by atoms with Gasteiger partial charge in [0.2, 0.25) is 10.0 Å². The van der Waals surface area contributed by atoms with Gasteiger partial charge in [-0.05, 0) is 19.1 Å². The van der Waals surface area contributed by atoms with Gasteiger partial charge in [0.05, 0.1) is 15.7 Å². The lowest BCUT2D eigenvalue weighted by Crippen LogP contribution is -2.22. The third-order valence-electron chi connectivity index (χ3n) is 2.81. The molecule has 110 valence electrons. The van der Waals surface area contributed by atoms with Crippen molar-refractivity contribution in [2.45, 2.75) is 17.7 Å². The number of carboxylic acids is 1. The van der Waals surface area contributed by atoms with E-state index in [4.69, 9.17) is 5.11 Å². The van der Waals surface area contributed by atoms with Gasteiger partial charge < -0.3 is 5.11 Å². The maximum atomic E-state index is 11.9. The molecule has 0 radical (unpaired) electrons. The SMILES string of the molecule is CC(C(=O)O)c1ccc(S(=O)(=O)N(C)C)cc1[N+](=O)[O-]. The number of nitro groups is 1. The van der Waals surface area contributed by atoms with Gasteiger partial charge in [-0.15, -0.1) is 0 Å². The van der Waals surface area contributed by atoms with Gasteiger partial charge in [0.25, 0.3) is 5.69 Å². The number of aliphatic carboxylic acids is 1. The van der Waals surface area contributed by atoms with Crippen LogP contribution in [0.3, 0.4) is 0 Å². The van der Waals surface area contributed by atoms with Crippen molar-refractivity contribution in [3.05, 3.63) is 33.9 Å². The van der Waals surface area contributed by atoms with E-state index in [9.17, 15) is 23.3 Å². The highest BCUT2D eigenvalue weighted by molar-refractivity contribution is 7.89. The predicted molar refractivity (Wildman–Crippen MR) is 70.0 cm³/mol. The van der Waals surface area contributed by atoms with Crippen LogP contribution in [0.5, 0.6) is 0 Å². The average molecular weight is 302 g/mol. The second-order valence-electron chi connectivity index (χ2n) is 4.33. The lowest BCUT2D eigenvalue weighted by atomic mass is 10.00. The van der Waals surface area contributed by atoms with Crippen molar-refractivity contribution in [2.75, 3.05) is 14.1 Å². The molecule has 1 atom stereocenters.